The smallest absolute Gasteiger partial charge is 0.314 e. The van der Waals surface area contributed by atoms with Gasteiger partial charge in [0, 0.05) is 19.0 Å². The zero-order valence-corrected chi connectivity index (χ0v) is 11.4. The Bertz CT molecular complexity index is 229. The Kier molecular flexibility index (Phi) is 6.43. The van der Waals surface area contributed by atoms with Crippen molar-refractivity contribution in [3.63, 3.8) is 0 Å². The summed E-state index contributed by atoms with van der Waals surface area (Å²) in [6.45, 7) is 8.17. The number of hydrogen-bond acceptors (Lipinski definition) is 2. The molecule has 1 atom stereocenters. The minimum absolute atomic E-state index is 0.259. The van der Waals surface area contributed by atoms with E-state index in [9.17, 15) is 13.2 Å². The SMILES string of the molecule is CC(C)NCC1CCN(CCCCC(F)(F)F)C1. The number of unbranched alkanes of at least 4 members (excludes halogenated alkanes) is 1. The average Bonchev–Trinajstić information content (AvgIpc) is 2.68. The summed E-state index contributed by atoms with van der Waals surface area (Å²) in [7, 11) is 0. The van der Waals surface area contributed by atoms with E-state index in [0.717, 1.165) is 26.2 Å². The lowest BCUT2D eigenvalue weighted by Gasteiger charge is -2.17. The maximum absolute atomic E-state index is 12.0. The maximum atomic E-state index is 12.0. The van der Waals surface area contributed by atoms with Crippen molar-refractivity contribution in [2.75, 3.05) is 26.2 Å². The minimum atomic E-state index is -3.99. The predicted molar refractivity (Wildman–Crippen MR) is 67.6 cm³/mol. The summed E-state index contributed by atoms with van der Waals surface area (Å²) in [6.07, 6.45) is -2.55. The first-order chi connectivity index (χ1) is 8.37. The molecule has 0 spiro atoms. The van der Waals surface area contributed by atoms with Gasteiger partial charge in [0.15, 0.2) is 0 Å². The van der Waals surface area contributed by atoms with Crippen LogP contribution in [0.1, 0.15) is 39.5 Å². The standard InChI is InChI=1S/C13H25F3N2/c1-11(2)17-9-12-5-8-18(10-12)7-4-3-6-13(14,15)16/h11-12,17H,3-10H2,1-2H3. The van der Waals surface area contributed by atoms with Gasteiger partial charge in [0.2, 0.25) is 0 Å². The van der Waals surface area contributed by atoms with Gasteiger partial charge in [-0.2, -0.15) is 13.2 Å². The van der Waals surface area contributed by atoms with Crippen LogP contribution < -0.4 is 5.32 Å². The monoisotopic (exact) mass is 266 g/mol. The van der Waals surface area contributed by atoms with E-state index < -0.39 is 12.6 Å². The van der Waals surface area contributed by atoms with Crippen molar-refractivity contribution in [1.82, 2.24) is 10.2 Å². The Balaban J connectivity index is 2.04. The number of nitrogens with one attached hydrogen (secondary N) is 1. The van der Waals surface area contributed by atoms with E-state index in [1.807, 2.05) is 0 Å². The number of hydrogen-bond donors (Lipinski definition) is 1. The summed E-state index contributed by atoms with van der Waals surface area (Å²) in [5.74, 6) is 0.662. The van der Waals surface area contributed by atoms with E-state index in [1.54, 1.807) is 0 Å². The average molecular weight is 266 g/mol. The molecule has 0 aliphatic carbocycles. The summed E-state index contributed by atoms with van der Waals surface area (Å²) < 4.78 is 35.9. The van der Waals surface area contributed by atoms with Crippen LogP contribution in [0, 0.1) is 5.92 Å². The third kappa shape index (κ3) is 7.21. The Labute approximate surface area is 108 Å². The molecule has 0 aromatic carbocycles. The van der Waals surface area contributed by atoms with Gasteiger partial charge in [0.05, 0.1) is 0 Å². The molecule has 0 amide bonds. The van der Waals surface area contributed by atoms with E-state index in [0.29, 0.717) is 18.4 Å². The summed E-state index contributed by atoms with van der Waals surface area (Å²) >= 11 is 0. The van der Waals surface area contributed by atoms with Gasteiger partial charge in [-0.3, -0.25) is 0 Å². The fourth-order valence-electron chi connectivity index (χ4n) is 2.35. The van der Waals surface area contributed by atoms with Gasteiger partial charge in [-0.1, -0.05) is 13.8 Å². The third-order valence-corrected chi connectivity index (χ3v) is 3.37. The lowest BCUT2D eigenvalue weighted by Crippen LogP contribution is -2.31. The van der Waals surface area contributed by atoms with Gasteiger partial charge in [-0.25, -0.2) is 0 Å². The number of rotatable bonds is 7. The number of nitrogens with zero attached hydrogens (tertiary/aromatic N) is 1. The van der Waals surface area contributed by atoms with Crippen LogP contribution in [0.25, 0.3) is 0 Å². The Morgan fingerprint density at radius 1 is 1.28 bits per heavy atom. The highest BCUT2D eigenvalue weighted by Gasteiger charge is 2.26. The first-order valence-electron chi connectivity index (χ1n) is 6.89. The molecule has 1 unspecified atom stereocenters. The van der Waals surface area contributed by atoms with Gasteiger partial charge >= 0.3 is 6.18 Å². The third-order valence-electron chi connectivity index (χ3n) is 3.37. The Morgan fingerprint density at radius 2 is 2.00 bits per heavy atom. The zero-order chi connectivity index (χ0) is 13.6. The maximum Gasteiger partial charge on any atom is 0.389 e. The van der Waals surface area contributed by atoms with E-state index in [2.05, 4.69) is 24.1 Å². The molecule has 1 fully saturated rings. The molecule has 2 nitrogen and oxygen atoms in total. The molecule has 0 saturated carbocycles. The van der Waals surface area contributed by atoms with Gasteiger partial charge < -0.3 is 10.2 Å². The molecule has 0 aromatic rings. The quantitative estimate of drug-likeness (QED) is 0.713. The van der Waals surface area contributed by atoms with Crippen LogP contribution in [-0.2, 0) is 0 Å². The molecule has 108 valence electrons. The highest BCUT2D eigenvalue weighted by Crippen LogP contribution is 2.23. The fraction of sp³-hybridized carbons (Fsp3) is 1.00. The summed E-state index contributed by atoms with van der Waals surface area (Å²) in [5, 5.41) is 3.42. The molecule has 1 saturated heterocycles. The van der Waals surface area contributed by atoms with Crippen molar-refractivity contribution in [2.24, 2.45) is 5.92 Å². The molecule has 1 rings (SSSR count). The largest absolute Gasteiger partial charge is 0.389 e. The van der Waals surface area contributed by atoms with Gasteiger partial charge in [-0.15, -0.1) is 0 Å². The van der Waals surface area contributed by atoms with E-state index in [1.165, 1.54) is 6.42 Å². The molecule has 1 aliphatic rings. The second kappa shape index (κ2) is 7.34. The van der Waals surface area contributed by atoms with Crippen LogP contribution in [0.2, 0.25) is 0 Å². The lowest BCUT2D eigenvalue weighted by molar-refractivity contribution is -0.135. The zero-order valence-electron chi connectivity index (χ0n) is 11.4. The van der Waals surface area contributed by atoms with Crippen molar-refractivity contribution in [3.05, 3.63) is 0 Å². The molecule has 0 bridgehead atoms. The second-order valence-corrected chi connectivity index (χ2v) is 5.59. The van der Waals surface area contributed by atoms with Crippen molar-refractivity contribution in [3.8, 4) is 0 Å². The van der Waals surface area contributed by atoms with E-state index >= 15 is 0 Å². The molecular formula is C13H25F3N2. The summed E-state index contributed by atoms with van der Waals surface area (Å²) in [4.78, 5) is 2.29. The Morgan fingerprint density at radius 3 is 2.61 bits per heavy atom. The molecule has 1 N–H and O–H groups in total. The van der Waals surface area contributed by atoms with Crippen LogP contribution >= 0.6 is 0 Å². The van der Waals surface area contributed by atoms with Crippen molar-refractivity contribution in [2.45, 2.75) is 51.7 Å². The molecule has 18 heavy (non-hydrogen) atoms. The van der Waals surface area contributed by atoms with Crippen molar-refractivity contribution < 1.29 is 13.2 Å². The molecule has 1 aliphatic heterocycles. The second-order valence-electron chi connectivity index (χ2n) is 5.59. The highest BCUT2D eigenvalue weighted by molar-refractivity contribution is 4.77. The normalized spacial score (nSPS) is 22.0. The molecule has 1 heterocycles. The molecule has 0 radical (unpaired) electrons. The lowest BCUT2D eigenvalue weighted by atomic mass is 10.1. The van der Waals surface area contributed by atoms with Crippen LogP contribution in [0.3, 0.4) is 0 Å². The van der Waals surface area contributed by atoms with Crippen molar-refractivity contribution >= 4 is 0 Å². The topological polar surface area (TPSA) is 15.3 Å². The highest BCUT2D eigenvalue weighted by atomic mass is 19.4. The summed E-state index contributed by atoms with van der Waals surface area (Å²) in [6, 6.07) is 0.505. The Hall–Kier alpha value is -0.290. The summed E-state index contributed by atoms with van der Waals surface area (Å²) in [5.41, 5.74) is 0. The van der Waals surface area contributed by atoms with Gasteiger partial charge in [-0.05, 0) is 44.8 Å². The van der Waals surface area contributed by atoms with Gasteiger partial charge in [0.1, 0.15) is 0 Å². The fourth-order valence-corrected chi connectivity index (χ4v) is 2.35. The van der Waals surface area contributed by atoms with Gasteiger partial charge in [0.25, 0.3) is 0 Å². The van der Waals surface area contributed by atoms with E-state index in [4.69, 9.17) is 0 Å². The number of alkyl halides is 3. The molecule has 0 aromatic heterocycles. The van der Waals surface area contributed by atoms with Crippen LogP contribution in [-0.4, -0.2) is 43.3 Å². The first kappa shape index (κ1) is 15.8. The van der Waals surface area contributed by atoms with Crippen molar-refractivity contribution in [1.29, 1.82) is 0 Å². The minimum Gasteiger partial charge on any atom is -0.314 e. The van der Waals surface area contributed by atoms with Crippen LogP contribution in [0.5, 0.6) is 0 Å². The first-order valence-corrected chi connectivity index (χ1v) is 6.89. The number of halogens is 3. The predicted octanol–water partition coefficient (Wildman–Crippen LogP) is 3.04. The number of likely N-dealkylation sites (tertiary alicyclic amines) is 1. The van der Waals surface area contributed by atoms with E-state index in [-0.39, 0.29) is 6.42 Å². The molecular weight excluding hydrogens is 241 g/mol. The van der Waals surface area contributed by atoms with Crippen LogP contribution in [0.15, 0.2) is 0 Å². The molecule has 5 heteroatoms. The van der Waals surface area contributed by atoms with Crippen LogP contribution in [0.4, 0.5) is 13.2 Å².